The van der Waals surface area contributed by atoms with Crippen molar-refractivity contribution in [3.8, 4) is 0 Å². The summed E-state index contributed by atoms with van der Waals surface area (Å²) in [6.07, 6.45) is -0.313. The first-order valence-electron chi connectivity index (χ1n) is 3.01. The van der Waals surface area contributed by atoms with Crippen LogP contribution in [0.3, 0.4) is 0 Å². The van der Waals surface area contributed by atoms with Crippen LogP contribution in [0.1, 0.15) is 6.92 Å². The Hall–Kier alpha value is 0.310. The van der Waals surface area contributed by atoms with Crippen molar-refractivity contribution in [3.63, 3.8) is 0 Å². The van der Waals surface area contributed by atoms with Crippen molar-refractivity contribution < 1.29 is 5.11 Å². The Morgan fingerprint density at radius 3 is 2.56 bits per heavy atom. The summed E-state index contributed by atoms with van der Waals surface area (Å²) in [4.78, 5) is 0. The van der Waals surface area contributed by atoms with E-state index in [1.165, 1.54) is 0 Å². The molecule has 0 bridgehead atoms. The summed E-state index contributed by atoms with van der Waals surface area (Å²) in [5.74, 6) is 0. The highest BCUT2D eigenvalue weighted by atomic mass is 31.0. The summed E-state index contributed by atoms with van der Waals surface area (Å²) in [6.45, 7) is 2.55. The van der Waals surface area contributed by atoms with Crippen LogP contribution in [0.5, 0.6) is 0 Å². The van der Waals surface area contributed by atoms with Crippen molar-refractivity contribution in [2.75, 3.05) is 13.6 Å². The highest BCUT2D eigenvalue weighted by Gasteiger charge is 2.09. The molecular weight excluding hydrogens is 135 g/mol. The maximum absolute atomic E-state index is 9.18. The molecule has 0 fully saturated rings. The maximum Gasteiger partial charge on any atom is 0.0817 e. The molecule has 3 atom stereocenters. The van der Waals surface area contributed by atoms with Crippen molar-refractivity contribution in [3.05, 3.63) is 0 Å². The maximum atomic E-state index is 9.18. The molecule has 0 aromatic heterocycles. The second-order valence-corrected chi connectivity index (χ2v) is 2.41. The quantitative estimate of drug-likeness (QED) is 0.466. The van der Waals surface area contributed by atoms with Gasteiger partial charge in [0.25, 0.3) is 0 Å². The summed E-state index contributed by atoms with van der Waals surface area (Å²) in [5, 5.41) is 14.9. The second kappa shape index (κ2) is 5.12. The Kier molecular flexibility index (Phi) is 5.30. The minimum absolute atomic E-state index is 0.127. The Balaban J connectivity index is 3.32. The predicted octanol–water partition coefficient (Wildman–Crippen LogP) is -0.665. The molecule has 9 heavy (non-hydrogen) atoms. The summed E-state index contributed by atoms with van der Waals surface area (Å²) < 4.78 is 0. The molecule has 0 radical (unpaired) electrons. The highest BCUT2D eigenvalue weighted by molar-refractivity contribution is 7.13. The van der Waals surface area contributed by atoms with Gasteiger partial charge >= 0.3 is 0 Å². The lowest BCUT2D eigenvalue weighted by Crippen LogP contribution is -2.38. The number of hydrogen-bond donors (Lipinski definition) is 3. The molecule has 0 aromatic rings. The van der Waals surface area contributed by atoms with Crippen LogP contribution in [0.25, 0.3) is 0 Å². The third-order valence-corrected chi connectivity index (χ3v) is 1.78. The van der Waals surface area contributed by atoms with Crippen LogP contribution in [0.15, 0.2) is 0 Å². The lowest BCUT2D eigenvalue weighted by molar-refractivity contribution is 0.146. The van der Waals surface area contributed by atoms with Crippen LogP contribution in [-0.4, -0.2) is 30.8 Å². The fraction of sp³-hybridized carbons (Fsp3) is 1.00. The average Bonchev–Trinajstić information content (AvgIpc) is 1.87. The lowest BCUT2D eigenvalue weighted by atomic mass is 10.2. The molecule has 3 nitrogen and oxygen atoms in total. The summed E-state index contributed by atoms with van der Waals surface area (Å²) in [5.41, 5.74) is 0. The Morgan fingerprint density at radius 2 is 2.22 bits per heavy atom. The van der Waals surface area contributed by atoms with E-state index >= 15 is 0 Å². The van der Waals surface area contributed by atoms with Gasteiger partial charge in [-0.15, -0.1) is 0 Å². The van der Waals surface area contributed by atoms with Gasteiger partial charge in [0, 0.05) is 12.6 Å². The smallest absolute Gasteiger partial charge is 0.0817 e. The van der Waals surface area contributed by atoms with Crippen LogP contribution in [-0.2, 0) is 0 Å². The van der Waals surface area contributed by atoms with Gasteiger partial charge in [0.2, 0.25) is 0 Å². The topological polar surface area (TPSA) is 44.3 Å². The molecule has 56 valence electrons. The molecule has 0 aromatic carbocycles. The van der Waals surface area contributed by atoms with Crippen molar-refractivity contribution in [2.24, 2.45) is 0 Å². The van der Waals surface area contributed by atoms with E-state index in [0.717, 1.165) is 0 Å². The van der Waals surface area contributed by atoms with E-state index in [1.807, 2.05) is 14.0 Å². The van der Waals surface area contributed by atoms with E-state index in [0.29, 0.717) is 6.54 Å². The Morgan fingerprint density at radius 1 is 1.67 bits per heavy atom. The van der Waals surface area contributed by atoms with Crippen LogP contribution in [0.2, 0.25) is 0 Å². The minimum Gasteiger partial charge on any atom is -0.390 e. The van der Waals surface area contributed by atoms with E-state index in [-0.39, 0.29) is 12.1 Å². The van der Waals surface area contributed by atoms with E-state index in [2.05, 4.69) is 19.8 Å². The van der Waals surface area contributed by atoms with Gasteiger partial charge in [0.15, 0.2) is 0 Å². The number of rotatable bonds is 4. The fourth-order valence-electron chi connectivity index (χ4n) is 0.497. The van der Waals surface area contributed by atoms with Crippen molar-refractivity contribution >= 4 is 9.39 Å². The number of hydrogen-bond acceptors (Lipinski definition) is 3. The van der Waals surface area contributed by atoms with Crippen molar-refractivity contribution in [2.45, 2.75) is 19.1 Å². The second-order valence-electron chi connectivity index (χ2n) is 2.08. The van der Waals surface area contributed by atoms with Crippen LogP contribution in [0.4, 0.5) is 0 Å². The Labute approximate surface area is 58.5 Å². The first kappa shape index (κ1) is 9.31. The van der Waals surface area contributed by atoms with Crippen molar-refractivity contribution in [1.82, 2.24) is 10.4 Å². The third-order valence-electron chi connectivity index (χ3n) is 1.25. The largest absolute Gasteiger partial charge is 0.390 e. The molecule has 0 aliphatic heterocycles. The third kappa shape index (κ3) is 3.82. The number of aliphatic hydroxyl groups is 1. The Bertz CT molecular complexity index is 72.0. The summed E-state index contributed by atoms with van der Waals surface area (Å²) >= 11 is 0. The minimum atomic E-state index is -0.313. The van der Waals surface area contributed by atoms with Gasteiger partial charge in [-0.2, -0.15) is 0 Å². The highest BCUT2D eigenvalue weighted by Crippen LogP contribution is 1.91. The van der Waals surface area contributed by atoms with Gasteiger partial charge < -0.3 is 10.4 Å². The number of nitrogens with one attached hydrogen (secondary N) is 2. The molecule has 0 aliphatic rings. The first-order valence-corrected chi connectivity index (χ1v) is 3.59. The molecule has 0 heterocycles. The zero-order valence-electron chi connectivity index (χ0n) is 5.89. The molecule has 0 spiro atoms. The molecule has 0 saturated carbocycles. The number of likely N-dealkylation sites (N-methyl/N-ethyl adjacent to an activating group) is 1. The summed E-state index contributed by atoms with van der Waals surface area (Å²) in [7, 11) is 4.19. The predicted molar refractivity (Wildman–Crippen MR) is 42.2 cm³/mol. The molecular formula is C5H15N2OP. The molecule has 4 heteroatoms. The number of aliphatic hydroxyl groups excluding tert-OH is 1. The SMILES string of the molecule is CNC[C@@H](O)C(C)NP. The molecule has 2 unspecified atom stereocenters. The molecule has 0 amide bonds. The zero-order chi connectivity index (χ0) is 7.28. The van der Waals surface area contributed by atoms with Crippen molar-refractivity contribution in [1.29, 1.82) is 0 Å². The molecule has 0 rings (SSSR count). The van der Waals surface area contributed by atoms with E-state index in [4.69, 9.17) is 0 Å². The van der Waals surface area contributed by atoms with Gasteiger partial charge in [0.1, 0.15) is 0 Å². The van der Waals surface area contributed by atoms with Gasteiger partial charge in [-0.05, 0) is 14.0 Å². The fourth-order valence-corrected chi connectivity index (χ4v) is 0.719. The zero-order valence-corrected chi connectivity index (χ0v) is 7.04. The van der Waals surface area contributed by atoms with Crippen LogP contribution < -0.4 is 10.4 Å². The molecule has 3 N–H and O–H groups in total. The van der Waals surface area contributed by atoms with Gasteiger partial charge in [-0.1, -0.05) is 9.39 Å². The average molecular weight is 150 g/mol. The van der Waals surface area contributed by atoms with Gasteiger partial charge in [-0.25, -0.2) is 0 Å². The van der Waals surface area contributed by atoms with E-state index < -0.39 is 0 Å². The lowest BCUT2D eigenvalue weighted by Gasteiger charge is -2.16. The van der Waals surface area contributed by atoms with Crippen LogP contribution >= 0.6 is 9.39 Å². The first-order chi connectivity index (χ1) is 4.22. The normalized spacial score (nSPS) is 17.3. The summed E-state index contributed by atoms with van der Waals surface area (Å²) in [6, 6.07) is 0.127. The van der Waals surface area contributed by atoms with Crippen LogP contribution in [0, 0.1) is 0 Å². The van der Waals surface area contributed by atoms with Gasteiger partial charge in [0.05, 0.1) is 6.10 Å². The molecule has 0 aliphatic carbocycles. The standard InChI is InChI=1S/C5H15N2OP/c1-4(7-9)5(8)3-6-2/h4-8H,3,9H2,1-2H3/t4?,5-/m1/s1. The molecule has 0 saturated heterocycles. The van der Waals surface area contributed by atoms with Gasteiger partial charge in [-0.3, -0.25) is 5.09 Å². The monoisotopic (exact) mass is 150 g/mol. The van der Waals surface area contributed by atoms with E-state index in [1.54, 1.807) is 0 Å². The van der Waals surface area contributed by atoms with E-state index in [9.17, 15) is 5.11 Å².